The zero-order valence-electron chi connectivity index (χ0n) is 19.2. The number of amides is 2. The van der Waals surface area contributed by atoms with Gasteiger partial charge in [-0.3, -0.25) is 18.7 Å². The second kappa shape index (κ2) is 8.13. The van der Waals surface area contributed by atoms with Gasteiger partial charge >= 0.3 is 5.69 Å². The third-order valence-corrected chi connectivity index (χ3v) is 6.98. The van der Waals surface area contributed by atoms with Gasteiger partial charge in [-0.1, -0.05) is 0 Å². The molecule has 2 saturated heterocycles. The number of aryl methyl sites for hydroxylation is 3. The van der Waals surface area contributed by atoms with E-state index in [4.69, 9.17) is 0 Å². The lowest BCUT2D eigenvalue weighted by Gasteiger charge is -2.18. The van der Waals surface area contributed by atoms with Crippen LogP contribution in [0.3, 0.4) is 0 Å². The van der Waals surface area contributed by atoms with Gasteiger partial charge in [-0.25, -0.2) is 14.8 Å². The van der Waals surface area contributed by atoms with E-state index in [0.717, 1.165) is 43.4 Å². The van der Waals surface area contributed by atoms with E-state index in [1.54, 1.807) is 41.6 Å². The summed E-state index contributed by atoms with van der Waals surface area (Å²) < 4.78 is 3.13. The van der Waals surface area contributed by atoms with Crippen LogP contribution in [0.4, 0.5) is 0 Å². The molecule has 172 valence electrons. The summed E-state index contributed by atoms with van der Waals surface area (Å²) >= 11 is 0. The molecule has 2 aliphatic rings. The number of likely N-dealkylation sites (tertiary alicyclic amines) is 2. The molecule has 0 spiro atoms. The first kappa shape index (κ1) is 21.4. The number of fused-ring (bicyclic) bond motifs is 1. The van der Waals surface area contributed by atoms with Crippen molar-refractivity contribution in [1.29, 1.82) is 0 Å². The molecule has 4 heterocycles. The molecule has 2 aliphatic heterocycles. The second-order valence-electron chi connectivity index (χ2n) is 9.07. The van der Waals surface area contributed by atoms with Crippen LogP contribution in [0.15, 0.2) is 29.2 Å². The first-order valence-corrected chi connectivity index (χ1v) is 11.4. The van der Waals surface area contributed by atoms with Gasteiger partial charge in [-0.2, -0.15) is 0 Å². The highest BCUT2D eigenvalue weighted by atomic mass is 16.2. The predicted octanol–water partition coefficient (Wildman–Crippen LogP) is 1.84. The maximum atomic E-state index is 13.2. The van der Waals surface area contributed by atoms with Crippen LogP contribution in [0.1, 0.15) is 57.4 Å². The minimum absolute atomic E-state index is 0.00507. The highest BCUT2D eigenvalue weighted by molar-refractivity contribution is 5.97. The molecule has 0 radical (unpaired) electrons. The van der Waals surface area contributed by atoms with Crippen LogP contribution in [-0.2, 0) is 14.1 Å². The third-order valence-electron chi connectivity index (χ3n) is 6.98. The van der Waals surface area contributed by atoms with Crippen LogP contribution >= 0.6 is 0 Å². The molecular formula is C24H28N6O3. The average Bonchev–Trinajstić information content (AvgIpc) is 3.57. The fourth-order valence-electron chi connectivity index (χ4n) is 4.96. The van der Waals surface area contributed by atoms with E-state index in [9.17, 15) is 14.4 Å². The quantitative estimate of drug-likeness (QED) is 0.610. The molecule has 0 N–H and O–H groups in total. The van der Waals surface area contributed by atoms with Crippen LogP contribution in [0.5, 0.6) is 0 Å². The van der Waals surface area contributed by atoms with Crippen molar-refractivity contribution in [1.82, 2.24) is 28.9 Å². The molecule has 2 fully saturated rings. The largest absolute Gasteiger partial charge is 0.339 e. The minimum Gasteiger partial charge on any atom is -0.339 e. The van der Waals surface area contributed by atoms with Crippen LogP contribution in [0.2, 0.25) is 0 Å². The third kappa shape index (κ3) is 3.61. The van der Waals surface area contributed by atoms with E-state index in [2.05, 4.69) is 9.97 Å². The number of hydrogen-bond acceptors (Lipinski definition) is 5. The SMILES string of the molecule is Cc1nc(C2CCN(C(=O)c3ccc4c(c3)n(C)c(=O)n4C)C2)ncc1C(=O)N1CCCC1. The number of nitrogens with zero attached hydrogens (tertiary/aromatic N) is 6. The monoisotopic (exact) mass is 448 g/mol. The molecule has 33 heavy (non-hydrogen) atoms. The molecule has 5 rings (SSSR count). The van der Waals surface area contributed by atoms with Crippen LogP contribution in [0.25, 0.3) is 11.0 Å². The predicted molar refractivity (Wildman–Crippen MR) is 123 cm³/mol. The van der Waals surface area contributed by atoms with Gasteiger partial charge < -0.3 is 9.80 Å². The van der Waals surface area contributed by atoms with E-state index in [1.807, 2.05) is 22.8 Å². The standard InChI is InChI=1S/C24H28N6O3/c1-15-18(23(32)29-9-4-5-10-29)13-25-21(26-15)17-8-11-30(14-17)22(31)16-6-7-19-20(12-16)28(3)24(33)27(19)2/h6-7,12-13,17H,4-5,8-11,14H2,1-3H3. The van der Waals surface area contributed by atoms with E-state index >= 15 is 0 Å². The summed E-state index contributed by atoms with van der Waals surface area (Å²) in [5.41, 5.74) is 3.24. The van der Waals surface area contributed by atoms with Crippen LogP contribution in [0, 0.1) is 6.92 Å². The topological polar surface area (TPSA) is 93.3 Å². The van der Waals surface area contributed by atoms with Gasteiger partial charge in [-0.15, -0.1) is 0 Å². The van der Waals surface area contributed by atoms with Gasteiger partial charge in [0.25, 0.3) is 11.8 Å². The fourth-order valence-corrected chi connectivity index (χ4v) is 4.96. The first-order valence-electron chi connectivity index (χ1n) is 11.4. The summed E-state index contributed by atoms with van der Waals surface area (Å²) in [6.45, 7) is 4.59. The molecule has 0 aliphatic carbocycles. The Morgan fingerprint density at radius 1 is 0.970 bits per heavy atom. The molecule has 1 aromatic carbocycles. The molecule has 3 aromatic rings. The van der Waals surface area contributed by atoms with Gasteiger partial charge in [0.15, 0.2) is 0 Å². The lowest BCUT2D eigenvalue weighted by molar-refractivity contribution is 0.0784. The lowest BCUT2D eigenvalue weighted by Crippen LogP contribution is -2.29. The zero-order chi connectivity index (χ0) is 23.3. The summed E-state index contributed by atoms with van der Waals surface area (Å²) in [7, 11) is 3.44. The van der Waals surface area contributed by atoms with Gasteiger partial charge in [0.05, 0.1) is 22.3 Å². The van der Waals surface area contributed by atoms with Crippen molar-refractivity contribution >= 4 is 22.8 Å². The van der Waals surface area contributed by atoms with Gasteiger partial charge in [0.2, 0.25) is 0 Å². The van der Waals surface area contributed by atoms with E-state index in [0.29, 0.717) is 35.7 Å². The minimum atomic E-state index is -0.116. The molecule has 9 heteroatoms. The number of aromatic nitrogens is 4. The normalized spacial score (nSPS) is 18.5. The van der Waals surface area contributed by atoms with E-state index in [-0.39, 0.29) is 23.4 Å². The molecule has 1 unspecified atom stereocenters. The molecule has 1 atom stereocenters. The van der Waals surface area contributed by atoms with Crippen molar-refractivity contribution in [3.63, 3.8) is 0 Å². The van der Waals surface area contributed by atoms with Crippen molar-refractivity contribution in [3.05, 3.63) is 57.5 Å². The summed E-state index contributed by atoms with van der Waals surface area (Å²) in [4.78, 5) is 50.9. The lowest BCUT2D eigenvalue weighted by atomic mass is 10.1. The number of carbonyl (C=O) groups excluding carboxylic acids is 2. The van der Waals surface area contributed by atoms with Gasteiger partial charge in [-0.05, 0) is 44.4 Å². The molecule has 0 saturated carbocycles. The maximum absolute atomic E-state index is 13.2. The van der Waals surface area contributed by atoms with Gasteiger partial charge in [0, 0.05) is 58.0 Å². The molecule has 2 amide bonds. The van der Waals surface area contributed by atoms with Gasteiger partial charge in [0.1, 0.15) is 5.82 Å². The fraction of sp³-hybridized carbons (Fsp3) is 0.458. The molecule has 2 aromatic heterocycles. The Morgan fingerprint density at radius 2 is 1.70 bits per heavy atom. The average molecular weight is 449 g/mol. The van der Waals surface area contributed by atoms with E-state index < -0.39 is 0 Å². The summed E-state index contributed by atoms with van der Waals surface area (Å²) in [6, 6.07) is 5.38. The van der Waals surface area contributed by atoms with Crippen molar-refractivity contribution in [2.75, 3.05) is 26.2 Å². The van der Waals surface area contributed by atoms with Crippen molar-refractivity contribution in [2.24, 2.45) is 14.1 Å². The zero-order valence-corrected chi connectivity index (χ0v) is 19.2. The smallest absolute Gasteiger partial charge is 0.328 e. The maximum Gasteiger partial charge on any atom is 0.328 e. The Hall–Kier alpha value is -3.49. The van der Waals surface area contributed by atoms with Crippen LogP contribution in [-0.4, -0.2) is 66.9 Å². The number of imidazole rings is 1. The highest BCUT2D eigenvalue weighted by Crippen LogP contribution is 2.27. The number of rotatable bonds is 3. The Labute approximate surface area is 191 Å². The number of carbonyl (C=O) groups is 2. The molecular weight excluding hydrogens is 420 g/mol. The first-order chi connectivity index (χ1) is 15.8. The Kier molecular flexibility index (Phi) is 5.26. The summed E-state index contributed by atoms with van der Waals surface area (Å²) in [5, 5.41) is 0. The number of benzene rings is 1. The molecule has 9 nitrogen and oxygen atoms in total. The summed E-state index contributed by atoms with van der Waals surface area (Å²) in [6.07, 6.45) is 4.51. The van der Waals surface area contributed by atoms with Crippen molar-refractivity contribution in [2.45, 2.75) is 32.1 Å². The molecule has 0 bridgehead atoms. The van der Waals surface area contributed by atoms with Crippen molar-refractivity contribution in [3.8, 4) is 0 Å². The van der Waals surface area contributed by atoms with E-state index in [1.165, 1.54) is 0 Å². The second-order valence-corrected chi connectivity index (χ2v) is 9.07. The van der Waals surface area contributed by atoms with Crippen molar-refractivity contribution < 1.29 is 9.59 Å². The summed E-state index contributed by atoms with van der Waals surface area (Å²) in [5.74, 6) is 0.661. The highest BCUT2D eigenvalue weighted by Gasteiger charge is 2.31. The number of hydrogen-bond donors (Lipinski definition) is 0. The van der Waals surface area contributed by atoms with Crippen LogP contribution < -0.4 is 5.69 Å². The Bertz CT molecular complexity index is 1320. The Morgan fingerprint density at radius 3 is 2.42 bits per heavy atom. The Balaban J connectivity index is 1.32.